The first-order valence-corrected chi connectivity index (χ1v) is 9.45. The number of carbonyl (C=O) groups is 1. The minimum absolute atomic E-state index is 0.125. The number of nitrogens with two attached hydrogens (primary N) is 1. The molecule has 3 rings (SSSR count). The maximum Gasteiger partial charge on any atom is 0.254 e. The number of amides is 1. The van der Waals surface area contributed by atoms with Crippen LogP contribution in [0.3, 0.4) is 0 Å². The van der Waals surface area contributed by atoms with Gasteiger partial charge in [-0.3, -0.25) is 9.69 Å². The van der Waals surface area contributed by atoms with Gasteiger partial charge in [0.05, 0.1) is 12.2 Å². The van der Waals surface area contributed by atoms with E-state index in [1.807, 2.05) is 17.0 Å². The van der Waals surface area contributed by atoms with Gasteiger partial charge in [-0.1, -0.05) is 12.1 Å². The molecule has 0 aliphatic carbocycles. The lowest BCUT2D eigenvalue weighted by Crippen LogP contribution is -2.48. The van der Waals surface area contributed by atoms with Gasteiger partial charge in [-0.2, -0.15) is 0 Å². The van der Waals surface area contributed by atoms with Crippen molar-refractivity contribution in [1.29, 1.82) is 0 Å². The first-order valence-electron chi connectivity index (χ1n) is 9.45. The lowest BCUT2D eigenvalue weighted by molar-refractivity contribution is -0.0704. The van der Waals surface area contributed by atoms with Gasteiger partial charge in [-0.25, -0.2) is 0 Å². The van der Waals surface area contributed by atoms with E-state index in [1.165, 1.54) is 5.56 Å². The van der Waals surface area contributed by atoms with Crippen LogP contribution in [-0.2, 0) is 11.3 Å². The Bertz CT molecular complexity index is 579. The van der Waals surface area contributed by atoms with E-state index in [9.17, 15) is 4.79 Å². The molecule has 5 heteroatoms. The number of hydrogen-bond acceptors (Lipinski definition) is 4. The van der Waals surface area contributed by atoms with Crippen LogP contribution in [0.2, 0.25) is 0 Å². The van der Waals surface area contributed by atoms with Gasteiger partial charge in [0.15, 0.2) is 0 Å². The van der Waals surface area contributed by atoms with Crippen molar-refractivity contribution in [2.45, 2.75) is 64.4 Å². The molecule has 0 aromatic heterocycles. The lowest BCUT2D eigenvalue weighted by atomic mass is 9.98. The first-order chi connectivity index (χ1) is 11.9. The van der Waals surface area contributed by atoms with Gasteiger partial charge >= 0.3 is 0 Å². The Morgan fingerprint density at radius 1 is 1.16 bits per heavy atom. The third-order valence-corrected chi connectivity index (χ3v) is 5.28. The van der Waals surface area contributed by atoms with Crippen molar-refractivity contribution < 1.29 is 9.53 Å². The zero-order valence-electron chi connectivity index (χ0n) is 15.6. The third-order valence-electron chi connectivity index (χ3n) is 5.28. The van der Waals surface area contributed by atoms with Crippen LogP contribution in [0.25, 0.3) is 0 Å². The fourth-order valence-corrected chi connectivity index (χ4v) is 4.10. The number of rotatable bonds is 3. The van der Waals surface area contributed by atoms with Crippen LogP contribution >= 0.6 is 0 Å². The van der Waals surface area contributed by atoms with Crippen LogP contribution in [-0.4, -0.2) is 59.6 Å². The molecule has 2 N–H and O–H groups in total. The molecule has 2 saturated heterocycles. The zero-order valence-corrected chi connectivity index (χ0v) is 15.6. The van der Waals surface area contributed by atoms with Crippen LogP contribution in [0, 0.1) is 0 Å². The van der Waals surface area contributed by atoms with Gasteiger partial charge in [0.1, 0.15) is 0 Å². The molecule has 2 heterocycles. The van der Waals surface area contributed by atoms with Crippen LogP contribution in [0.1, 0.15) is 49.5 Å². The second-order valence-corrected chi connectivity index (χ2v) is 7.78. The fourth-order valence-electron chi connectivity index (χ4n) is 4.10. The monoisotopic (exact) mass is 345 g/mol. The number of ether oxygens (including phenoxy) is 1. The maximum absolute atomic E-state index is 12.8. The quantitative estimate of drug-likeness (QED) is 0.913. The summed E-state index contributed by atoms with van der Waals surface area (Å²) in [4.78, 5) is 17.1. The molecule has 5 nitrogen and oxygen atoms in total. The largest absolute Gasteiger partial charge is 0.373 e. The molecule has 1 aromatic carbocycles. The Labute approximate surface area is 151 Å². The Hall–Kier alpha value is -1.43. The van der Waals surface area contributed by atoms with E-state index < -0.39 is 0 Å². The minimum Gasteiger partial charge on any atom is -0.373 e. The van der Waals surface area contributed by atoms with Gasteiger partial charge in [0.2, 0.25) is 0 Å². The average Bonchev–Trinajstić information content (AvgIpc) is 2.54. The smallest absolute Gasteiger partial charge is 0.254 e. The molecular weight excluding hydrogens is 314 g/mol. The number of carbonyl (C=O) groups excluding carboxylic acids is 1. The van der Waals surface area contributed by atoms with Gasteiger partial charge < -0.3 is 15.4 Å². The number of nitrogens with zero attached hydrogens (tertiary/aromatic N) is 2. The Kier molecular flexibility index (Phi) is 5.77. The van der Waals surface area contributed by atoms with Crippen molar-refractivity contribution >= 4 is 5.91 Å². The molecule has 25 heavy (non-hydrogen) atoms. The predicted octanol–water partition coefficient (Wildman–Crippen LogP) is 2.25. The highest BCUT2D eigenvalue weighted by atomic mass is 16.5. The Morgan fingerprint density at radius 2 is 1.80 bits per heavy atom. The van der Waals surface area contributed by atoms with Crippen LogP contribution < -0.4 is 5.73 Å². The molecule has 0 radical (unpaired) electrons. The summed E-state index contributed by atoms with van der Waals surface area (Å²) < 4.78 is 5.79. The number of benzene rings is 1. The molecule has 4 atom stereocenters. The molecule has 2 fully saturated rings. The molecule has 0 unspecified atom stereocenters. The number of morpholine rings is 1. The van der Waals surface area contributed by atoms with E-state index in [0.717, 1.165) is 44.6 Å². The van der Waals surface area contributed by atoms with Crippen molar-refractivity contribution in [3.8, 4) is 0 Å². The Morgan fingerprint density at radius 3 is 2.40 bits per heavy atom. The highest BCUT2D eigenvalue weighted by molar-refractivity contribution is 5.94. The molecule has 0 saturated carbocycles. The summed E-state index contributed by atoms with van der Waals surface area (Å²) in [5.41, 5.74) is 8.02. The van der Waals surface area contributed by atoms with Crippen molar-refractivity contribution in [2.24, 2.45) is 5.73 Å². The molecular formula is C20H31N3O2. The normalized spacial score (nSPS) is 31.1. The van der Waals surface area contributed by atoms with E-state index in [0.29, 0.717) is 0 Å². The SMILES string of the molecule is C[C@@H]1CN(Cc2ccc(C(=O)N3CC[C@H](N)C[C@@H]3C)cc2)C[C@H](C)O1. The van der Waals surface area contributed by atoms with Crippen molar-refractivity contribution in [3.05, 3.63) is 35.4 Å². The highest BCUT2D eigenvalue weighted by Crippen LogP contribution is 2.20. The molecule has 138 valence electrons. The zero-order chi connectivity index (χ0) is 18.0. The second kappa shape index (κ2) is 7.85. The summed E-state index contributed by atoms with van der Waals surface area (Å²) in [7, 11) is 0. The third kappa shape index (κ3) is 4.60. The van der Waals surface area contributed by atoms with Crippen LogP contribution in [0.5, 0.6) is 0 Å². The summed E-state index contributed by atoms with van der Waals surface area (Å²) in [5.74, 6) is 0.125. The van der Waals surface area contributed by atoms with Crippen LogP contribution in [0.4, 0.5) is 0 Å². The number of likely N-dealkylation sites (tertiary alicyclic amines) is 1. The van der Waals surface area contributed by atoms with E-state index >= 15 is 0 Å². The van der Waals surface area contributed by atoms with E-state index in [4.69, 9.17) is 10.5 Å². The van der Waals surface area contributed by atoms with E-state index in [2.05, 4.69) is 37.8 Å². The van der Waals surface area contributed by atoms with Gasteiger partial charge in [-0.15, -0.1) is 0 Å². The molecule has 2 aliphatic heterocycles. The van der Waals surface area contributed by atoms with E-state index in [-0.39, 0.29) is 30.2 Å². The Balaban J connectivity index is 1.61. The first kappa shape index (κ1) is 18.4. The topological polar surface area (TPSA) is 58.8 Å². The van der Waals surface area contributed by atoms with Gasteiger partial charge in [-0.05, 0) is 51.3 Å². The number of hydrogen-bond donors (Lipinski definition) is 1. The standard InChI is InChI=1S/C20H31N3O2/c1-14-10-19(21)8-9-23(14)20(24)18-6-4-17(5-7-18)13-22-11-15(2)25-16(3)12-22/h4-7,14-16,19H,8-13,21H2,1-3H3/t14-,15-,16+,19-/m0/s1. The maximum atomic E-state index is 12.8. The van der Waals surface area contributed by atoms with Crippen LogP contribution in [0.15, 0.2) is 24.3 Å². The average molecular weight is 345 g/mol. The van der Waals surface area contributed by atoms with Crippen molar-refractivity contribution in [1.82, 2.24) is 9.80 Å². The highest BCUT2D eigenvalue weighted by Gasteiger charge is 2.28. The molecule has 1 amide bonds. The molecule has 2 aliphatic rings. The lowest BCUT2D eigenvalue weighted by Gasteiger charge is -2.36. The molecule has 0 spiro atoms. The summed E-state index contributed by atoms with van der Waals surface area (Å²) in [6.45, 7) is 9.90. The summed E-state index contributed by atoms with van der Waals surface area (Å²) >= 11 is 0. The number of piperidine rings is 1. The van der Waals surface area contributed by atoms with Crippen molar-refractivity contribution in [3.63, 3.8) is 0 Å². The van der Waals surface area contributed by atoms with Gasteiger partial charge in [0, 0.05) is 43.8 Å². The summed E-state index contributed by atoms with van der Waals surface area (Å²) in [6, 6.07) is 8.53. The van der Waals surface area contributed by atoms with E-state index in [1.54, 1.807) is 0 Å². The van der Waals surface area contributed by atoms with Gasteiger partial charge in [0.25, 0.3) is 5.91 Å². The molecule has 0 bridgehead atoms. The summed E-state index contributed by atoms with van der Waals surface area (Å²) in [6.07, 6.45) is 2.33. The molecule has 1 aromatic rings. The van der Waals surface area contributed by atoms with Crippen molar-refractivity contribution in [2.75, 3.05) is 19.6 Å². The second-order valence-electron chi connectivity index (χ2n) is 7.78. The fraction of sp³-hybridized carbons (Fsp3) is 0.650. The predicted molar refractivity (Wildman–Crippen MR) is 99.4 cm³/mol. The minimum atomic E-state index is 0.125. The summed E-state index contributed by atoms with van der Waals surface area (Å²) in [5, 5.41) is 0.